The summed E-state index contributed by atoms with van der Waals surface area (Å²) in [5.41, 5.74) is 0.784. The SMILES string of the molecule is O=S(=O)(NCC(F)(F)F)c1ccc(CNC2CC2)cn1. The molecule has 1 heterocycles. The largest absolute Gasteiger partial charge is 0.402 e. The summed E-state index contributed by atoms with van der Waals surface area (Å²) in [7, 11) is -4.23. The predicted molar refractivity (Wildman–Crippen MR) is 65.3 cm³/mol. The number of pyridine rings is 1. The molecule has 20 heavy (non-hydrogen) atoms. The second kappa shape index (κ2) is 5.66. The Kier molecular flexibility index (Phi) is 4.31. The summed E-state index contributed by atoms with van der Waals surface area (Å²) in [6.45, 7) is -1.05. The number of nitrogens with zero attached hydrogens (tertiary/aromatic N) is 1. The van der Waals surface area contributed by atoms with E-state index in [4.69, 9.17) is 0 Å². The fraction of sp³-hybridized carbons (Fsp3) is 0.545. The van der Waals surface area contributed by atoms with E-state index >= 15 is 0 Å². The third-order valence-corrected chi connectivity index (χ3v) is 4.02. The maximum atomic E-state index is 12.0. The molecule has 1 aromatic rings. The van der Waals surface area contributed by atoms with Gasteiger partial charge in [0.25, 0.3) is 10.0 Å². The molecule has 0 unspecified atom stereocenters. The normalized spacial score (nSPS) is 16.4. The van der Waals surface area contributed by atoms with Gasteiger partial charge in [0.1, 0.15) is 6.54 Å². The van der Waals surface area contributed by atoms with E-state index in [2.05, 4.69) is 10.3 Å². The van der Waals surface area contributed by atoms with Gasteiger partial charge in [-0.25, -0.2) is 18.1 Å². The van der Waals surface area contributed by atoms with Gasteiger partial charge >= 0.3 is 6.18 Å². The average molecular weight is 309 g/mol. The highest BCUT2D eigenvalue weighted by Crippen LogP contribution is 2.19. The lowest BCUT2D eigenvalue weighted by Gasteiger charge is -2.09. The number of sulfonamides is 1. The Morgan fingerprint density at radius 2 is 2.00 bits per heavy atom. The zero-order valence-electron chi connectivity index (χ0n) is 10.4. The summed E-state index contributed by atoms with van der Waals surface area (Å²) < 4.78 is 60.6. The van der Waals surface area contributed by atoms with Gasteiger partial charge in [0.15, 0.2) is 5.03 Å². The van der Waals surface area contributed by atoms with Gasteiger partial charge in [-0.3, -0.25) is 0 Å². The van der Waals surface area contributed by atoms with Crippen molar-refractivity contribution in [3.05, 3.63) is 23.9 Å². The van der Waals surface area contributed by atoms with Crippen LogP contribution < -0.4 is 10.0 Å². The van der Waals surface area contributed by atoms with Crippen molar-refractivity contribution in [2.75, 3.05) is 6.54 Å². The Morgan fingerprint density at radius 1 is 1.30 bits per heavy atom. The highest BCUT2D eigenvalue weighted by Gasteiger charge is 2.30. The second-order valence-electron chi connectivity index (χ2n) is 4.60. The molecule has 0 aromatic carbocycles. The molecular weight excluding hydrogens is 295 g/mol. The van der Waals surface area contributed by atoms with E-state index in [1.54, 1.807) is 0 Å². The molecule has 1 aliphatic rings. The number of halogens is 3. The van der Waals surface area contributed by atoms with E-state index in [0.717, 1.165) is 18.4 Å². The summed E-state index contributed by atoms with van der Waals surface area (Å²) in [5, 5.41) is 2.80. The van der Waals surface area contributed by atoms with Gasteiger partial charge in [-0.1, -0.05) is 6.07 Å². The van der Waals surface area contributed by atoms with Gasteiger partial charge < -0.3 is 5.32 Å². The Labute approximate surface area is 114 Å². The van der Waals surface area contributed by atoms with Crippen molar-refractivity contribution in [2.24, 2.45) is 0 Å². The average Bonchev–Trinajstić information content (AvgIpc) is 3.18. The number of hydrogen-bond donors (Lipinski definition) is 2. The minimum atomic E-state index is -4.60. The first-order valence-corrected chi connectivity index (χ1v) is 7.49. The summed E-state index contributed by atoms with van der Waals surface area (Å²) >= 11 is 0. The van der Waals surface area contributed by atoms with Crippen LogP contribution in [-0.4, -0.2) is 32.2 Å². The molecule has 5 nitrogen and oxygen atoms in total. The Hall–Kier alpha value is -1.19. The van der Waals surface area contributed by atoms with Gasteiger partial charge in [-0.2, -0.15) is 13.2 Å². The molecule has 112 valence electrons. The molecule has 2 N–H and O–H groups in total. The van der Waals surface area contributed by atoms with Crippen LogP contribution in [0.15, 0.2) is 23.4 Å². The molecule has 9 heteroatoms. The summed E-state index contributed by atoms with van der Waals surface area (Å²) in [4.78, 5) is 3.69. The highest BCUT2D eigenvalue weighted by atomic mass is 32.2. The first-order chi connectivity index (χ1) is 9.26. The summed E-state index contributed by atoms with van der Waals surface area (Å²) in [6, 6.07) is 3.24. The van der Waals surface area contributed by atoms with E-state index in [0.29, 0.717) is 12.6 Å². The third kappa shape index (κ3) is 4.73. The molecule has 0 atom stereocenters. The van der Waals surface area contributed by atoms with Crippen molar-refractivity contribution in [3.8, 4) is 0 Å². The molecule has 0 amide bonds. The van der Waals surface area contributed by atoms with Crippen molar-refractivity contribution >= 4 is 10.0 Å². The fourth-order valence-electron chi connectivity index (χ4n) is 1.47. The lowest BCUT2D eigenvalue weighted by Crippen LogP contribution is -2.34. The van der Waals surface area contributed by atoms with Crippen LogP contribution >= 0.6 is 0 Å². The monoisotopic (exact) mass is 309 g/mol. The Bertz CT molecular complexity index is 553. The zero-order chi connectivity index (χ0) is 14.8. The standard InChI is InChI=1S/C11H14F3N3O2S/c12-11(13,14)7-17-20(18,19)10-4-1-8(6-16-10)5-15-9-2-3-9/h1,4,6,9,15,17H,2-3,5,7H2. The number of aromatic nitrogens is 1. The van der Waals surface area contributed by atoms with E-state index in [9.17, 15) is 21.6 Å². The minimum Gasteiger partial charge on any atom is -0.310 e. The summed E-state index contributed by atoms with van der Waals surface area (Å²) in [6.07, 6.45) is -0.999. The van der Waals surface area contributed by atoms with E-state index in [1.165, 1.54) is 23.1 Å². The molecular formula is C11H14F3N3O2S. The third-order valence-electron chi connectivity index (χ3n) is 2.71. The van der Waals surface area contributed by atoms with Crippen molar-refractivity contribution in [1.29, 1.82) is 0 Å². The van der Waals surface area contributed by atoms with Crippen molar-refractivity contribution in [3.63, 3.8) is 0 Å². The zero-order valence-corrected chi connectivity index (χ0v) is 11.3. The topological polar surface area (TPSA) is 71.1 Å². The van der Waals surface area contributed by atoms with Crippen LogP contribution in [0.2, 0.25) is 0 Å². The first-order valence-electron chi connectivity index (χ1n) is 6.01. The number of alkyl halides is 3. The number of rotatable bonds is 6. The first kappa shape index (κ1) is 15.2. The Balaban J connectivity index is 1.96. The molecule has 0 bridgehead atoms. The second-order valence-corrected chi connectivity index (χ2v) is 6.31. The predicted octanol–water partition coefficient (Wildman–Crippen LogP) is 1.17. The molecule has 1 saturated carbocycles. The van der Waals surface area contributed by atoms with Crippen LogP contribution in [0.4, 0.5) is 13.2 Å². The van der Waals surface area contributed by atoms with Crippen LogP contribution in [0.5, 0.6) is 0 Å². The number of hydrogen-bond acceptors (Lipinski definition) is 4. The maximum absolute atomic E-state index is 12.0. The van der Waals surface area contributed by atoms with Crippen molar-refractivity contribution < 1.29 is 21.6 Å². The molecule has 1 aromatic heterocycles. The van der Waals surface area contributed by atoms with Crippen LogP contribution in [0.1, 0.15) is 18.4 Å². The smallest absolute Gasteiger partial charge is 0.310 e. The van der Waals surface area contributed by atoms with Gasteiger partial charge in [-0.05, 0) is 24.5 Å². The van der Waals surface area contributed by atoms with Crippen molar-refractivity contribution in [2.45, 2.75) is 36.6 Å². The van der Waals surface area contributed by atoms with E-state index < -0.39 is 27.8 Å². The lowest BCUT2D eigenvalue weighted by molar-refractivity contribution is -0.121. The number of nitrogens with one attached hydrogen (secondary N) is 2. The van der Waals surface area contributed by atoms with Crippen LogP contribution in [0, 0.1) is 0 Å². The molecule has 0 spiro atoms. The van der Waals surface area contributed by atoms with Gasteiger partial charge in [-0.15, -0.1) is 0 Å². The molecule has 1 fully saturated rings. The van der Waals surface area contributed by atoms with E-state index in [1.807, 2.05) is 0 Å². The molecule has 0 aliphatic heterocycles. The van der Waals surface area contributed by atoms with Crippen LogP contribution in [0.3, 0.4) is 0 Å². The molecule has 1 aliphatic carbocycles. The molecule has 2 rings (SSSR count). The summed E-state index contributed by atoms with van der Waals surface area (Å²) in [5.74, 6) is 0. The quantitative estimate of drug-likeness (QED) is 0.827. The van der Waals surface area contributed by atoms with Crippen LogP contribution in [0.25, 0.3) is 0 Å². The maximum Gasteiger partial charge on any atom is 0.402 e. The van der Waals surface area contributed by atoms with Gasteiger partial charge in [0, 0.05) is 18.8 Å². The highest BCUT2D eigenvalue weighted by molar-refractivity contribution is 7.89. The molecule has 0 saturated heterocycles. The van der Waals surface area contributed by atoms with Crippen LogP contribution in [-0.2, 0) is 16.6 Å². The Morgan fingerprint density at radius 3 is 2.50 bits per heavy atom. The van der Waals surface area contributed by atoms with Gasteiger partial charge in [0.05, 0.1) is 0 Å². The van der Waals surface area contributed by atoms with E-state index in [-0.39, 0.29) is 0 Å². The van der Waals surface area contributed by atoms with Gasteiger partial charge in [0.2, 0.25) is 0 Å². The lowest BCUT2D eigenvalue weighted by atomic mass is 10.3. The fourth-order valence-corrected chi connectivity index (χ4v) is 2.42. The van der Waals surface area contributed by atoms with Crippen molar-refractivity contribution in [1.82, 2.24) is 15.0 Å². The minimum absolute atomic E-state index is 0.420. The molecule has 0 radical (unpaired) electrons.